The minimum atomic E-state index is -4.40. The molecule has 28 heavy (non-hydrogen) atoms. The molecule has 1 fully saturated rings. The molecule has 0 N–H and O–H groups in total. The summed E-state index contributed by atoms with van der Waals surface area (Å²) in [5.74, 6) is 1.30. The van der Waals surface area contributed by atoms with Gasteiger partial charge in [0, 0.05) is 43.9 Å². The summed E-state index contributed by atoms with van der Waals surface area (Å²) < 4.78 is 41.1. The van der Waals surface area contributed by atoms with Crippen LogP contribution in [0.5, 0.6) is 0 Å². The molecule has 1 saturated heterocycles. The second kappa shape index (κ2) is 7.07. The third-order valence-electron chi connectivity index (χ3n) is 5.78. The highest BCUT2D eigenvalue weighted by molar-refractivity contribution is 5.64. The van der Waals surface area contributed by atoms with Gasteiger partial charge < -0.3 is 9.47 Å². The van der Waals surface area contributed by atoms with Crippen LogP contribution in [0.25, 0.3) is 11.1 Å². The largest absolute Gasteiger partial charge is 0.416 e. The number of piperidine rings is 1. The van der Waals surface area contributed by atoms with E-state index in [0.717, 1.165) is 43.9 Å². The van der Waals surface area contributed by atoms with Crippen molar-refractivity contribution in [1.82, 2.24) is 9.47 Å². The number of rotatable bonds is 3. The molecule has 2 aliphatic rings. The lowest BCUT2D eigenvalue weighted by Gasteiger charge is -2.43. The van der Waals surface area contributed by atoms with Gasteiger partial charge in [-0.1, -0.05) is 26.0 Å². The van der Waals surface area contributed by atoms with E-state index in [0.29, 0.717) is 29.5 Å². The van der Waals surface area contributed by atoms with Crippen LogP contribution in [-0.4, -0.2) is 29.1 Å². The summed E-state index contributed by atoms with van der Waals surface area (Å²) in [6.45, 7) is 8.05. The van der Waals surface area contributed by atoms with Gasteiger partial charge in [-0.3, -0.25) is 4.79 Å². The first-order chi connectivity index (χ1) is 13.2. The van der Waals surface area contributed by atoms with Crippen LogP contribution < -0.4 is 5.56 Å². The van der Waals surface area contributed by atoms with E-state index in [-0.39, 0.29) is 11.5 Å². The summed E-state index contributed by atoms with van der Waals surface area (Å²) in [6.07, 6.45) is -3.35. The molecule has 2 aliphatic heterocycles. The highest BCUT2D eigenvalue weighted by atomic mass is 19.4. The molecule has 2 atom stereocenters. The van der Waals surface area contributed by atoms with Crippen molar-refractivity contribution in [3.8, 4) is 11.1 Å². The fourth-order valence-corrected chi connectivity index (χ4v) is 4.77. The fraction of sp³-hybridized carbons (Fsp3) is 0.500. The molecule has 6 heteroatoms. The Balaban J connectivity index is 1.71. The molecule has 150 valence electrons. The topological polar surface area (TPSA) is 25.2 Å². The highest BCUT2D eigenvalue weighted by Crippen LogP contribution is 2.37. The van der Waals surface area contributed by atoms with Crippen molar-refractivity contribution < 1.29 is 13.2 Å². The standard InChI is InChI=1S/C22H25F3N2O/c1-14(2)10-26-11-15-6-18(13-26)20-8-17(9-21(28)27(20)12-15)16-4-3-5-19(7-16)22(23,24)25/h3-5,7-9,14-15,18H,6,10-13H2,1-2H3/t15-,18+/m0/s1. The van der Waals surface area contributed by atoms with E-state index in [1.165, 1.54) is 12.1 Å². The van der Waals surface area contributed by atoms with Crippen molar-refractivity contribution in [3.05, 3.63) is 58.0 Å². The quantitative estimate of drug-likeness (QED) is 0.765. The second-order valence-corrected chi connectivity index (χ2v) is 8.61. The number of hydrogen-bond donors (Lipinski definition) is 0. The summed E-state index contributed by atoms with van der Waals surface area (Å²) in [5.41, 5.74) is 1.17. The van der Waals surface area contributed by atoms with Gasteiger partial charge in [-0.15, -0.1) is 0 Å². The molecular weight excluding hydrogens is 365 g/mol. The van der Waals surface area contributed by atoms with E-state index in [9.17, 15) is 18.0 Å². The zero-order valence-corrected chi connectivity index (χ0v) is 16.2. The lowest BCUT2D eigenvalue weighted by Crippen LogP contribution is -2.48. The van der Waals surface area contributed by atoms with Crippen molar-refractivity contribution in [2.75, 3.05) is 19.6 Å². The third kappa shape index (κ3) is 3.75. The van der Waals surface area contributed by atoms with Crippen LogP contribution in [0, 0.1) is 11.8 Å². The maximum absolute atomic E-state index is 13.1. The molecule has 0 aliphatic carbocycles. The van der Waals surface area contributed by atoms with Gasteiger partial charge in [-0.05, 0) is 47.6 Å². The van der Waals surface area contributed by atoms with Gasteiger partial charge >= 0.3 is 6.18 Å². The summed E-state index contributed by atoms with van der Waals surface area (Å²) in [4.78, 5) is 15.2. The van der Waals surface area contributed by atoms with Crippen molar-refractivity contribution in [3.63, 3.8) is 0 Å². The SMILES string of the molecule is CC(C)CN1C[C@@H]2C[C@H](C1)c1cc(-c3cccc(C(F)(F)F)c3)cc(=O)n1C2. The first kappa shape index (κ1) is 19.2. The number of benzene rings is 1. The maximum Gasteiger partial charge on any atom is 0.416 e. The molecule has 0 saturated carbocycles. The smallest absolute Gasteiger partial charge is 0.312 e. The predicted molar refractivity (Wildman–Crippen MR) is 103 cm³/mol. The van der Waals surface area contributed by atoms with Crippen LogP contribution >= 0.6 is 0 Å². The number of pyridine rings is 1. The Hall–Kier alpha value is -2.08. The van der Waals surface area contributed by atoms with Crippen LogP contribution in [0.15, 0.2) is 41.2 Å². The molecule has 2 bridgehead atoms. The van der Waals surface area contributed by atoms with Crippen LogP contribution in [0.1, 0.15) is 37.4 Å². The van der Waals surface area contributed by atoms with Gasteiger partial charge in [0.25, 0.3) is 5.56 Å². The Morgan fingerprint density at radius 3 is 2.57 bits per heavy atom. The molecule has 4 rings (SSSR count). The van der Waals surface area contributed by atoms with Crippen molar-refractivity contribution in [2.45, 2.75) is 38.9 Å². The predicted octanol–water partition coefficient (Wildman–Crippen LogP) is 4.61. The van der Waals surface area contributed by atoms with Crippen LogP contribution in [0.3, 0.4) is 0 Å². The number of halogens is 3. The summed E-state index contributed by atoms with van der Waals surface area (Å²) >= 11 is 0. The second-order valence-electron chi connectivity index (χ2n) is 8.61. The van der Waals surface area contributed by atoms with E-state index in [1.807, 2.05) is 10.6 Å². The summed E-state index contributed by atoms with van der Waals surface area (Å²) in [7, 11) is 0. The molecule has 0 radical (unpaired) electrons. The molecule has 3 heterocycles. The molecule has 0 amide bonds. The first-order valence-electron chi connectivity index (χ1n) is 9.85. The van der Waals surface area contributed by atoms with Crippen molar-refractivity contribution >= 4 is 0 Å². The van der Waals surface area contributed by atoms with Gasteiger partial charge in [0.1, 0.15) is 0 Å². The molecule has 1 aromatic carbocycles. The number of hydrogen-bond acceptors (Lipinski definition) is 2. The third-order valence-corrected chi connectivity index (χ3v) is 5.78. The van der Waals surface area contributed by atoms with Gasteiger partial charge in [-0.25, -0.2) is 0 Å². The Bertz CT molecular complexity index is 932. The number of likely N-dealkylation sites (tertiary alicyclic amines) is 1. The number of alkyl halides is 3. The summed E-state index contributed by atoms with van der Waals surface area (Å²) in [6, 6.07) is 8.63. The minimum Gasteiger partial charge on any atom is -0.312 e. The molecule has 1 aromatic heterocycles. The van der Waals surface area contributed by atoms with Gasteiger partial charge in [-0.2, -0.15) is 13.2 Å². The van der Waals surface area contributed by atoms with Crippen molar-refractivity contribution in [2.24, 2.45) is 11.8 Å². The Kier molecular flexibility index (Phi) is 4.86. The summed E-state index contributed by atoms with van der Waals surface area (Å²) in [5, 5.41) is 0. The first-order valence-corrected chi connectivity index (χ1v) is 9.85. The molecule has 2 aromatic rings. The highest BCUT2D eigenvalue weighted by Gasteiger charge is 2.35. The molecule has 0 spiro atoms. The average Bonchev–Trinajstić information content (AvgIpc) is 2.61. The minimum absolute atomic E-state index is 0.114. The van der Waals surface area contributed by atoms with Gasteiger partial charge in [0.2, 0.25) is 0 Å². The lowest BCUT2D eigenvalue weighted by molar-refractivity contribution is -0.137. The van der Waals surface area contributed by atoms with Crippen LogP contribution in [0.4, 0.5) is 13.2 Å². The number of nitrogens with zero attached hydrogens (tertiary/aromatic N) is 2. The lowest BCUT2D eigenvalue weighted by atomic mass is 9.82. The van der Waals surface area contributed by atoms with E-state index in [4.69, 9.17) is 0 Å². The van der Waals surface area contributed by atoms with E-state index < -0.39 is 11.7 Å². The number of fused-ring (bicyclic) bond motifs is 4. The monoisotopic (exact) mass is 390 g/mol. The molecule has 3 nitrogen and oxygen atoms in total. The van der Waals surface area contributed by atoms with Crippen LogP contribution in [-0.2, 0) is 12.7 Å². The number of aromatic nitrogens is 1. The Labute approximate surface area is 162 Å². The fourth-order valence-electron chi connectivity index (χ4n) is 4.77. The average molecular weight is 390 g/mol. The van der Waals surface area contributed by atoms with Crippen molar-refractivity contribution in [1.29, 1.82) is 0 Å². The zero-order valence-electron chi connectivity index (χ0n) is 16.2. The Morgan fingerprint density at radius 1 is 1.07 bits per heavy atom. The van der Waals surface area contributed by atoms with E-state index >= 15 is 0 Å². The normalized spacial score (nSPS) is 22.4. The zero-order chi connectivity index (χ0) is 20.1. The molecule has 0 unspecified atom stereocenters. The molecular formula is C22H25F3N2O. The Morgan fingerprint density at radius 2 is 1.86 bits per heavy atom. The van der Waals surface area contributed by atoms with E-state index in [1.54, 1.807) is 6.07 Å². The maximum atomic E-state index is 13.1. The van der Waals surface area contributed by atoms with Gasteiger partial charge in [0.05, 0.1) is 5.56 Å². The van der Waals surface area contributed by atoms with Crippen LogP contribution in [0.2, 0.25) is 0 Å². The van der Waals surface area contributed by atoms with Gasteiger partial charge in [0.15, 0.2) is 0 Å². The van der Waals surface area contributed by atoms with E-state index in [2.05, 4.69) is 18.7 Å².